The van der Waals surface area contributed by atoms with Crippen LogP contribution in [0.4, 0.5) is 15.3 Å². The number of amides is 6. The van der Waals surface area contributed by atoms with Gasteiger partial charge in [-0.1, -0.05) is 68.7 Å². The molecule has 6 amide bonds. The molecule has 1 aliphatic carbocycles. The van der Waals surface area contributed by atoms with Gasteiger partial charge in [0.1, 0.15) is 52.3 Å². The van der Waals surface area contributed by atoms with Crippen LogP contribution in [0.25, 0.3) is 0 Å². The molecular weight excluding hydrogens is 1160 g/mol. The van der Waals surface area contributed by atoms with Crippen LogP contribution in [-0.2, 0) is 65.3 Å². The average Bonchev–Trinajstić information content (AvgIpc) is 1.58. The summed E-state index contributed by atoms with van der Waals surface area (Å²) in [5.41, 5.74) is 4.38. The van der Waals surface area contributed by atoms with Gasteiger partial charge in [-0.25, -0.2) is 14.4 Å². The van der Waals surface area contributed by atoms with E-state index >= 15 is 0 Å². The number of nitrogens with two attached hydrogens (primary N) is 1. The van der Waals surface area contributed by atoms with E-state index in [2.05, 4.69) is 16.0 Å². The quantitative estimate of drug-likeness (QED) is 0.0273. The third-order valence-electron chi connectivity index (χ3n) is 17.4. The maximum absolute atomic E-state index is 14.6. The number of epoxide rings is 1. The van der Waals surface area contributed by atoms with Crippen LogP contribution in [0.1, 0.15) is 140 Å². The molecule has 0 radical (unpaired) electrons. The van der Waals surface area contributed by atoms with Crippen LogP contribution in [-0.4, -0.2) is 160 Å². The predicted octanol–water partition coefficient (Wildman–Crippen LogP) is 7.02. The number of rotatable bonds is 26. The van der Waals surface area contributed by atoms with Gasteiger partial charge in [0.25, 0.3) is 5.91 Å². The highest BCUT2D eigenvalue weighted by molar-refractivity contribution is 6.35. The number of benzene rings is 2. The number of primary amides is 1. The minimum absolute atomic E-state index is 0.000787. The number of allylic oxidation sites excluding steroid dienone is 3. The zero-order valence-corrected chi connectivity index (χ0v) is 53.3. The fourth-order valence-electron chi connectivity index (χ4n) is 11.3. The Hall–Kier alpha value is -7.08. The molecule has 10 atom stereocenters. The van der Waals surface area contributed by atoms with Crippen molar-refractivity contribution in [1.29, 1.82) is 0 Å². The van der Waals surface area contributed by atoms with Gasteiger partial charge >= 0.3 is 24.1 Å². The van der Waals surface area contributed by atoms with Crippen LogP contribution in [0.15, 0.2) is 54.1 Å². The average molecular weight is 1250 g/mol. The van der Waals surface area contributed by atoms with Crippen LogP contribution in [0.5, 0.6) is 11.5 Å². The SMILES string of the molecule is COc1cc(CC(=O)[C@H](CCCNC(N)=O)NC(=O)[C@@H](CC(=O)CCCCCOC(=O)C2CCC2)C(C)C)ccc1C(=O)N(C)[C@@H](C)C(=O)O[C@H]1CC(=O)N(C)c2cc(cc(OC)c2Cl)C/C(C)=C/C=C/[C@@H](OC)[C@@]2(O)C[C@H](OC(=O)N2)[C@@H](C)[C@@H]2O[C@@]12C. The summed E-state index contributed by atoms with van der Waals surface area (Å²) in [4.78, 5) is 124. The minimum Gasteiger partial charge on any atom is -0.496 e. The summed E-state index contributed by atoms with van der Waals surface area (Å²) in [6, 6.07) is 4.93. The highest BCUT2D eigenvalue weighted by Crippen LogP contribution is 2.49. The normalized spacial score (nSPS) is 24.9. The Morgan fingerprint density at radius 3 is 2.35 bits per heavy atom. The molecule has 3 heterocycles. The number of unbranched alkanes of at least 4 members (excludes halogenated alkanes) is 2. The molecule has 6 N–H and O–H groups in total. The summed E-state index contributed by atoms with van der Waals surface area (Å²) < 4.78 is 40.7. The molecule has 484 valence electrons. The molecule has 2 saturated heterocycles. The van der Waals surface area contributed by atoms with Crippen molar-refractivity contribution >= 4 is 70.6 Å². The number of nitrogens with one attached hydrogen (secondary N) is 3. The van der Waals surface area contributed by atoms with Crippen molar-refractivity contribution in [2.24, 2.45) is 29.4 Å². The van der Waals surface area contributed by atoms with E-state index in [0.717, 1.165) is 35.3 Å². The van der Waals surface area contributed by atoms with Gasteiger partial charge in [0.15, 0.2) is 11.5 Å². The molecular formula is C64H89ClN6O17. The number of nitrogens with zero attached hydrogens (tertiary/aromatic N) is 2. The van der Waals surface area contributed by atoms with Gasteiger partial charge in [-0.05, 0) is 113 Å². The topological polar surface area (TPSA) is 310 Å². The molecule has 6 rings (SSSR count). The number of methoxy groups -OCH3 is 3. The summed E-state index contributed by atoms with van der Waals surface area (Å²) >= 11 is 6.87. The Bertz CT molecular complexity index is 2950. The molecule has 2 aromatic rings. The van der Waals surface area contributed by atoms with E-state index in [1.54, 1.807) is 44.2 Å². The van der Waals surface area contributed by atoms with Crippen LogP contribution in [0, 0.1) is 23.7 Å². The molecule has 24 heteroatoms. The number of Topliss-reactive ketones (excluding diaryl/α,β-unsaturated/α-hetero) is 2. The number of anilines is 1. The molecule has 2 aromatic carbocycles. The van der Waals surface area contributed by atoms with E-state index in [1.807, 2.05) is 26.8 Å². The van der Waals surface area contributed by atoms with E-state index in [1.165, 1.54) is 59.4 Å². The first kappa shape index (κ1) is 70.0. The van der Waals surface area contributed by atoms with Gasteiger partial charge in [0.05, 0.1) is 56.6 Å². The molecule has 0 spiro atoms. The highest BCUT2D eigenvalue weighted by atomic mass is 35.5. The number of carbonyl (C=O) groups is 9. The number of likely N-dealkylation sites (N-methyl/N-ethyl adjacent to an activating group) is 1. The van der Waals surface area contributed by atoms with Crippen molar-refractivity contribution in [3.05, 3.63) is 75.8 Å². The number of alkyl carbamates (subject to hydrolysis) is 1. The fraction of sp³-hybridized carbons (Fsp3) is 0.609. The van der Waals surface area contributed by atoms with E-state index in [-0.39, 0.29) is 85.0 Å². The van der Waals surface area contributed by atoms with E-state index in [4.69, 9.17) is 50.5 Å². The van der Waals surface area contributed by atoms with E-state index in [9.17, 15) is 48.3 Å². The third-order valence-corrected chi connectivity index (χ3v) is 17.8. The summed E-state index contributed by atoms with van der Waals surface area (Å²) in [5.74, 6) is -4.50. The lowest BCUT2D eigenvalue weighted by molar-refractivity contribution is -0.158. The number of urea groups is 1. The fourth-order valence-corrected chi connectivity index (χ4v) is 11.7. The third kappa shape index (κ3) is 18.1. The van der Waals surface area contributed by atoms with E-state index < -0.39 is 108 Å². The van der Waals surface area contributed by atoms with Crippen molar-refractivity contribution in [2.75, 3.05) is 53.5 Å². The Balaban J connectivity index is 1.17. The predicted molar refractivity (Wildman–Crippen MR) is 325 cm³/mol. The van der Waals surface area contributed by atoms with Crippen molar-refractivity contribution in [3.8, 4) is 11.5 Å². The minimum atomic E-state index is -1.92. The van der Waals surface area contributed by atoms with Gasteiger partial charge in [-0.2, -0.15) is 0 Å². The molecule has 0 unspecified atom stereocenters. The lowest BCUT2D eigenvalue weighted by atomic mass is 9.83. The lowest BCUT2D eigenvalue weighted by Gasteiger charge is -2.42. The standard InChI is InChI=1S/C64H89ClN6O17/c1-36(2)45(33-43(72)21-13-12-14-27-85-60(78)42-19-16-20-42)57(75)68-46(22-17-26-67-61(66)79)48(73)30-40-24-25-44(49(31-40)82-9)58(76)70(7)39(5)59(77)87-53-34-54(74)71(8)47-29-41(32-50(83-10)55(47)65)28-37(3)18-15-23-52(84-11)64(81)35-51(86-62(80)69-64)38(4)56-63(53,6)88-56/h15,18,23-25,29,31-32,36,38-39,42,45-46,51-53,56,81H,12-14,16-17,19-22,26-28,30,33-35H2,1-11H3,(H,68,75)(H,69,80)(H3,66,67,79)/b23-15+,37-18+/t38-,39+,45+,46+,51+,52-,53+,56+,63+,64+/m1/s1. The van der Waals surface area contributed by atoms with Crippen LogP contribution in [0.2, 0.25) is 5.02 Å². The maximum Gasteiger partial charge on any atom is 0.409 e. The zero-order valence-electron chi connectivity index (χ0n) is 52.5. The Kier molecular flexibility index (Phi) is 25.0. The zero-order chi connectivity index (χ0) is 64.8. The number of fused-ring (bicyclic) bond motifs is 5. The molecule has 3 aliphatic heterocycles. The van der Waals surface area contributed by atoms with Gasteiger partial charge in [-0.3, -0.25) is 34.1 Å². The number of ketones is 2. The second kappa shape index (κ2) is 31.4. The molecule has 0 aromatic heterocycles. The van der Waals surface area contributed by atoms with Crippen molar-refractivity contribution in [3.63, 3.8) is 0 Å². The van der Waals surface area contributed by atoms with Crippen molar-refractivity contribution in [2.45, 2.75) is 179 Å². The van der Waals surface area contributed by atoms with E-state index in [0.29, 0.717) is 49.3 Å². The maximum atomic E-state index is 14.6. The van der Waals surface area contributed by atoms with Crippen LogP contribution >= 0.6 is 11.6 Å². The van der Waals surface area contributed by atoms with Gasteiger partial charge < -0.3 is 64.4 Å². The highest BCUT2D eigenvalue weighted by Gasteiger charge is 2.64. The molecule has 3 fully saturated rings. The monoisotopic (exact) mass is 1250 g/mol. The van der Waals surface area contributed by atoms with Gasteiger partial charge in [0.2, 0.25) is 11.8 Å². The summed E-state index contributed by atoms with van der Waals surface area (Å²) in [6.45, 7) is 10.8. The number of hydrogen-bond donors (Lipinski definition) is 5. The summed E-state index contributed by atoms with van der Waals surface area (Å²) in [5, 5.41) is 20.0. The van der Waals surface area contributed by atoms with Crippen molar-refractivity contribution in [1.82, 2.24) is 20.9 Å². The van der Waals surface area contributed by atoms with Gasteiger partial charge in [-0.15, -0.1) is 0 Å². The number of ether oxygens (including phenoxy) is 7. The van der Waals surface area contributed by atoms with Crippen molar-refractivity contribution < 1.29 is 81.4 Å². The molecule has 4 aliphatic rings. The first-order valence-corrected chi connectivity index (χ1v) is 30.6. The number of carbonyl (C=O) groups excluding carboxylic acids is 9. The molecule has 4 bridgehead atoms. The molecule has 23 nitrogen and oxygen atoms in total. The largest absolute Gasteiger partial charge is 0.496 e. The lowest BCUT2D eigenvalue weighted by Crippen LogP contribution is -2.63. The van der Waals surface area contributed by atoms with Crippen LogP contribution < -0.4 is 36.1 Å². The Morgan fingerprint density at radius 1 is 0.989 bits per heavy atom. The number of halogens is 1. The second-order valence-electron chi connectivity index (χ2n) is 24.2. The first-order chi connectivity index (χ1) is 41.6. The summed E-state index contributed by atoms with van der Waals surface area (Å²) in [6.07, 6.45) is 5.05. The number of esters is 2. The smallest absolute Gasteiger partial charge is 0.409 e. The second-order valence-corrected chi connectivity index (χ2v) is 24.6. The molecule has 1 saturated carbocycles. The Morgan fingerprint density at radius 2 is 1.70 bits per heavy atom. The van der Waals surface area contributed by atoms with Crippen LogP contribution in [0.3, 0.4) is 0 Å². The first-order valence-electron chi connectivity index (χ1n) is 30.2. The summed E-state index contributed by atoms with van der Waals surface area (Å²) in [7, 11) is 7.12. The Labute approximate surface area is 520 Å². The number of hydrogen-bond acceptors (Lipinski definition) is 17. The van der Waals surface area contributed by atoms with Gasteiger partial charge in [0, 0.05) is 65.3 Å². The molecule has 88 heavy (non-hydrogen) atoms. The number of aliphatic hydroxyl groups is 1.